The lowest BCUT2D eigenvalue weighted by Crippen LogP contribution is -2.32. The van der Waals surface area contributed by atoms with E-state index in [-0.39, 0.29) is 18.9 Å². The molecule has 0 aliphatic heterocycles. The molecule has 0 spiro atoms. The van der Waals surface area contributed by atoms with Crippen LogP contribution in [0.5, 0.6) is 0 Å². The van der Waals surface area contributed by atoms with Gasteiger partial charge in [0.05, 0.1) is 5.69 Å². The number of pyridine rings is 1. The third-order valence-corrected chi connectivity index (χ3v) is 4.70. The molecule has 1 N–H and O–H groups in total. The van der Waals surface area contributed by atoms with Crippen LogP contribution in [0.2, 0.25) is 0 Å². The number of nitrogens with one attached hydrogen (secondary N) is 1. The topological polar surface area (TPSA) is 42.7 Å². The summed E-state index contributed by atoms with van der Waals surface area (Å²) in [7, 11) is 0. The van der Waals surface area contributed by atoms with E-state index in [0.29, 0.717) is 24.0 Å². The van der Waals surface area contributed by atoms with Crippen molar-refractivity contribution in [1.82, 2.24) is 14.8 Å². The molecule has 1 aliphatic rings. The number of alkyl halides is 3. The molecule has 0 bridgehead atoms. The molecule has 0 atom stereocenters. The summed E-state index contributed by atoms with van der Waals surface area (Å²) < 4.78 is 28.2. The van der Waals surface area contributed by atoms with Crippen LogP contribution < -0.4 is 5.32 Å². The van der Waals surface area contributed by atoms with Gasteiger partial charge in [-0.15, -0.1) is 0 Å². The summed E-state index contributed by atoms with van der Waals surface area (Å²) in [5.41, 5.74) is 1.98. The van der Waals surface area contributed by atoms with Crippen LogP contribution in [0.25, 0.3) is 5.82 Å². The Bertz CT molecular complexity index is 676. The molecule has 7 heteroatoms. The van der Waals surface area contributed by atoms with Crippen molar-refractivity contribution in [3.05, 3.63) is 35.7 Å². The number of aryl methyl sites for hydroxylation is 1. The molecule has 23 heavy (non-hydrogen) atoms. The Morgan fingerprint density at radius 2 is 2.09 bits per heavy atom. The molecule has 3 rings (SSSR count). The van der Waals surface area contributed by atoms with E-state index in [4.69, 9.17) is 0 Å². The van der Waals surface area contributed by atoms with E-state index in [1.54, 1.807) is 4.68 Å². The predicted molar refractivity (Wildman–Crippen MR) is 89.6 cm³/mol. The molecule has 2 heterocycles. The number of halogens is 3. The number of hydrogen-bond donors (Lipinski definition) is 1. The highest BCUT2D eigenvalue weighted by atomic mass is 79.9. The number of rotatable bonds is 4. The molecule has 0 aromatic carbocycles. The first kappa shape index (κ1) is 16.4. The van der Waals surface area contributed by atoms with Crippen LogP contribution in [-0.4, -0.2) is 26.7 Å². The fourth-order valence-electron chi connectivity index (χ4n) is 2.78. The molecule has 1 fully saturated rings. The molecule has 0 saturated heterocycles. The minimum atomic E-state index is -2.51. The van der Waals surface area contributed by atoms with E-state index in [1.165, 1.54) is 0 Å². The number of nitrogens with zero attached hydrogens (tertiary/aromatic N) is 3. The van der Waals surface area contributed by atoms with Crippen LogP contribution in [0, 0.1) is 6.92 Å². The van der Waals surface area contributed by atoms with E-state index in [9.17, 15) is 8.78 Å². The van der Waals surface area contributed by atoms with Crippen LogP contribution >= 0.6 is 15.9 Å². The van der Waals surface area contributed by atoms with Crippen molar-refractivity contribution >= 4 is 21.7 Å². The first-order valence-electron chi connectivity index (χ1n) is 7.69. The maximum atomic E-state index is 13.3. The summed E-state index contributed by atoms with van der Waals surface area (Å²) in [4.78, 5) is 4.58. The molecule has 124 valence electrons. The molecule has 1 saturated carbocycles. The largest absolute Gasteiger partial charge is 0.367 e. The fraction of sp³-hybridized carbons (Fsp3) is 0.500. The molecular weight excluding hydrogens is 366 g/mol. The third-order valence-electron chi connectivity index (χ3n) is 4.05. The maximum absolute atomic E-state index is 13.3. The Kier molecular flexibility index (Phi) is 4.66. The molecule has 1 aliphatic carbocycles. The summed E-state index contributed by atoms with van der Waals surface area (Å²) in [6, 6.07) is 5.86. The standard InChI is InChI=1S/C16H19BrF2N4/c1-11-4-7-23(22-11)15-9-12(10-17)8-14(21-15)20-13-2-5-16(18,19)6-3-13/h4,7-9,13H,2-3,5-6,10H2,1H3,(H,20,21). The van der Waals surface area contributed by atoms with Gasteiger partial charge < -0.3 is 5.32 Å². The van der Waals surface area contributed by atoms with Gasteiger partial charge in [-0.3, -0.25) is 0 Å². The highest BCUT2D eigenvalue weighted by molar-refractivity contribution is 9.08. The Morgan fingerprint density at radius 3 is 2.70 bits per heavy atom. The molecule has 4 nitrogen and oxygen atoms in total. The van der Waals surface area contributed by atoms with Crippen molar-refractivity contribution in [2.75, 3.05) is 5.32 Å². The van der Waals surface area contributed by atoms with Crippen LogP contribution in [0.1, 0.15) is 36.9 Å². The summed E-state index contributed by atoms with van der Waals surface area (Å²) in [6.45, 7) is 1.92. The molecule has 2 aromatic heterocycles. The van der Waals surface area contributed by atoms with Crippen molar-refractivity contribution in [3.8, 4) is 5.82 Å². The first-order chi connectivity index (χ1) is 10.9. The predicted octanol–water partition coefficient (Wildman–Crippen LogP) is 4.46. The zero-order chi connectivity index (χ0) is 16.4. The highest BCUT2D eigenvalue weighted by Crippen LogP contribution is 2.34. The second-order valence-corrected chi connectivity index (χ2v) is 6.59. The van der Waals surface area contributed by atoms with Gasteiger partial charge in [0, 0.05) is 30.4 Å². The van der Waals surface area contributed by atoms with E-state index >= 15 is 0 Å². The third kappa shape index (κ3) is 4.07. The molecular formula is C16H19BrF2N4. The van der Waals surface area contributed by atoms with Gasteiger partial charge >= 0.3 is 0 Å². The first-order valence-corrected chi connectivity index (χ1v) is 8.81. The van der Waals surface area contributed by atoms with E-state index < -0.39 is 5.92 Å². The number of aromatic nitrogens is 3. The fourth-order valence-corrected chi connectivity index (χ4v) is 3.10. The summed E-state index contributed by atoms with van der Waals surface area (Å²) >= 11 is 3.46. The van der Waals surface area contributed by atoms with Crippen molar-refractivity contribution < 1.29 is 8.78 Å². The highest BCUT2D eigenvalue weighted by Gasteiger charge is 2.34. The zero-order valence-corrected chi connectivity index (χ0v) is 14.5. The van der Waals surface area contributed by atoms with Gasteiger partial charge in [-0.2, -0.15) is 5.10 Å². The van der Waals surface area contributed by atoms with Crippen molar-refractivity contribution in [3.63, 3.8) is 0 Å². The molecule has 2 aromatic rings. The Hall–Kier alpha value is -1.50. The summed E-state index contributed by atoms with van der Waals surface area (Å²) in [5.74, 6) is -1.08. The molecule has 0 amide bonds. The second-order valence-electron chi connectivity index (χ2n) is 6.03. The smallest absolute Gasteiger partial charge is 0.248 e. The van der Waals surface area contributed by atoms with Gasteiger partial charge in [-0.1, -0.05) is 15.9 Å². The Morgan fingerprint density at radius 1 is 1.35 bits per heavy atom. The van der Waals surface area contributed by atoms with E-state index in [2.05, 4.69) is 31.3 Å². The van der Waals surface area contributed by atoms with Crippen molar-refractivity contribution in [2.24, 2.45) is 0 Å². The second kappa shape index (κ2) is 6.55. The van der Waals surface area contributed by atoms with Gasteiger partial charge in [0.1, 0.15) is 5.82 Å². The van der Waals surface area contributed by atoms with Crippen molar-refractivity contribution in [1.29, 1.82) is 0 Å². The molecule has 0 unspecified atom stereocenters. The zero-order valence-electron chi connectivity index (χ0n) is 12.9. The quantitative estimate of drug-likeness (QED) is 0.791. The number of anilines is 1. The maximum Gasteiger partial charge on any atom is 0.248 e. The van der Waals surface area contributed by atoms with Gasteiger partial charge in [0.25, 0.3) is 0 Å². The Balaban J connectivity index is 1.79. The monoisotopic (exact) mass is 384 g/mol. The minimum absolute atomic E-state index is 0.0416. The summed E-state index contributed by atoms with van der Waals surface area (Å²) in [6.07, 6.45) is 2.66. The normalized spacial score (nSPS) is 18.1. The lowest BCUT2D eigenvalue weighted by molar-refractivity contribution is -0.0361. The Labute approximate surface area is 142 Å². The van der Waals surface area contributed by atoms with Crippen LogP contribution in [-0.2, 0) is 5.33 Å². The van der Waals surface area contributed by atoms with Gasteiger partial charge in [-0.25, -0.2) is 18.4 Å². The average Bonchev–Trinajstić information content (AvgIpc) is 2.96. The average molecular weight is 385 g/mol. The lowest BCUT2D eigenvalue weighted by Gasteiger charge is -2.29. The van der Waals surface area contributed by atoms with Gasteiger partial charge in [-0.05, 0) is 43.5 Å². The van der Waals surface area contributed by atoms with Crippen molar-refractivity contribution in [2.45, 2.75) is 49.9 Å². The minimum Gasteiger partial charge on any atom is -0.367 e. The number of hydrogen-bond acceptors (Lipinski definition) is 3. The van der Waals surface area contributed by atoms with Gasteiger partial charge in [0.15, 0.2) is 5.82 Å². The van der Waals surface area contributed by atoms with E-state index in [0.717, 1.165) is 17.1 Å². The van der Waals surface area contributed by atoms with Crippen LogP contribution in [0.15, 0.2) is 24.4 Å². The van der Waals surface area contributed by atoms with Gasteiger partial charge in [0.2, 0.25) is 5.92 Å². The van der Waals surface area contributed by atoms with Crippen LogP contribution in [0.4, 0.5) is 14.6 Å². The lowest BCUT2D eigenvalue weighted by atomic mass is 9.92. The SMILES string of the molecule is Cc1ccn(-c2cc(CBr)cc(NC3CCC(F)(F)CC3)n2)n1. The summed E-state index contributed by atoms with van der Waals surface area (Å²) in [5, 5.41) is 8.37. The van der Waals surface area contributed by atoms with E-state index in [1.807, 2.05) is 31.3 Å². The van der Waals surface area contributed by atoms with Crippen LogP contribution in [0.3, 0.4) is 0 Å². The molecule has 0 radical (unpaired) electrons.